The Labute approximate surface area is 182 Å². The van der Waals surface area contributed by atoms with Crippen molar-refractivity contribution in [1.82, 2.24) is 14.8 Å². The summed E-state index contributed by atoms with van der Waals surface area (Å²) in [5.74, 6) is -2.27. The fourth-order valence-electron chi connectivity index (χ4n) is 4.72. The smallest absolute Gasteiger partial charge is 0.353 e. The molecule has 0 bridgehead atoms. The minimum atomic E-state index is -1.12. The molecular formula is C20H24N4O6S. The van der Waals surface area contributed by atoms with Crippen LogP contribution in [-0.2, 0) is 9.59 Å². The van der Waals surface area contributed by atoms with Crippen molar-refractivity contribution in [2.45, 2.75) is 37.7 Å². The van der Waals surface area contributed by atoms with Crippen LogP contribution in [0.1, 0.15) is 30.8 Å². The number of carbonyl (C=O) groups is 3. The molecular weight excluding hydrogens is 424 g/mol. The van der Waals surface area contributed by atoms with Crippen LogP contribution in [-0.4, -0.2) is 86.4 Å². The number of aliphatic hydroxyl groups excluding tert-OH is 1. The molecule has 5 heterocycles. The van der Waals surface area contributed by atoms with E-state index in [9.17, 15) is 24.6 Å². The number of hydrogen-bond acceptors (Lipinski definition) is 8. The third kappa shape index (κ3) is 3.05. The van der Waals surface area contributed by atoms with Crippen molar-refractivity contribution in [3.63, 3.8) is 0 Å². The lowest BCUT2D eigenvalue weighted by Crippen LogP contribution is -2.63. The predicted octanol–water partition coefficient (Wildman–Crippen LogP) is 0.596. The first kappa shape index (κ1) is 20.4. The van der Waals surface area contributed by atoms with Crippen LogP contribution in [0.3, 0.4) is 0 Å². The summed E-state index contributed by atoms with van der Waals surface area (Å²) in [6.45, 7) is 6.18. The van der Waals surface area contributed by atoms with Crippen LogP contribution in [0.4, 0.5) is 6.01 Å². The maximum Gasteiger partial charge on any atom is 0.353 e. The monoisotopic (exact) mass is 448 g/mol. The second kappa shape index (κ2) is 7.27. The fraction of sp³-hybridized carbons (Fsp3) is 0.600. The number of carboxylic acids is 1. The van der Waals surface area contributed by atoms with E-state index < -0.39 is 18.0 Å². The first-order valence-corrected chi connectivity index (χ1v) is 11.3. The third-order valence-corrected chi connectivity index (χ3v) is 8.03. The molecule has 0 aromatic carbocycles. The van der Waals surface area contributed by atoms with E-state index in [0.29, 0.717) is 29.7 Å². The number of aromatic nitrogens is 1. The number of thioether (sulfide) groups is 1. The van der Waals surface area contributed by atoms with Gasteiger partial charge in [0.2, 0.25) is 5.91 Å². The van der Waals surface area contributed by atoms with Gasteiger partial charge in [0.05, 0.1) is 18.1 Å². The Morgan fingerprint density at radius 1 is 1.32 bits per heavy atom. The zero-order chi connectivity index (χ0) is 22.0. The molecule has 2 unspecified atom stereocenters. The Kier molecular flexibility index (Phi) is 4.78. The van der Waals surface area contributed by atoms with Crippen LogP contribution in [0.2, 0.25) is 0 Å². The van der Waals surface area contributed by atoms with Crippen LogP contribution in [0.15, 0.2) is 21.3 Å². The maximum absolute atomic E-state index is 12.4. The highest BCUT2D eigenvalue weighted by atomic mass is 32.2. The molecule has 3 saturated heterocycles. The first-order valence-electron chi connectivity index (χ1n) is 10.4. The average molecular weight is 449 g/mol. The van der Waals surface area contributed by atoms with Crippen molar-refractivity contribution >= 4 is 35.6 Å². The quantitative estimate of drug-likeness (QED) is 0.601. The molecule has 4 atom stereocenters. The summed E-state index contributed by atoms with van der Waals surface area (Å²) in [7, 11) is 0. The molecule has 4 aliphatic rings. The van der Waals surface area contributed by atoms with Gasteiger partial charge in [-0.2, -0.15) is 4.98 Å². The zero-order valence-corrected chi connectivity index (χ0v) is 18.0. The molecule has 1 aromatic rings. The Bertz CT molecular complexity index is 980. The van der Waals surface area contributed by atoms with Crippen molar-refractivity contribution < 1.29 is 29.0 Å². The summed E-state index contributed by atoms with van der Waals surface area (Å²) in [4.78, 5) is 46.5. The minimum Gasteiger partial charge on any atom is -0.477 e. The van der Waals surface area contributed by atoms with Gasteiger partial charge in [0.1, 0.15) is 12.0 Å². The second-order valence-corrected chi connectivity index (χ2v) is 9.92. The summed E-state index contributed by atoms with van der Waals surface area (Å²) in [5, 5.41) is 19.8. The lowest BCUT2D eigenvalue weighted by atomic mass is 9.79. The normalized spacial score (nSPS) is 28.8. The van der Waals surface area contributed by atoms with Gasteiger partial charge in [-0.15, -0.1) is 11.8 Å². The van der Waals surface area contributed by atoms with E-state index >= 15 is 0 Å². The van der Waals surface area contributed by atoms with E-state index in [1.807, 2.05) is 11.8 Å². The number of likely N-dealkylation sites (tertiary alicyclic amines) is 1. The number of amides is 2. The Morgan fingerprint density at radius 2 is 2.03 bits per heavy atom. The van der Waals surface area contributed by atoms with Gasteiger partial charge in [0.15, 0.2) is 5.69 Å². The van der Waals surface area contributed by atoms with Gasteiger partial charge in [-0.1, -0.05) is 6.92 Å². The molecule has 0 aliphatic carbocycles. The molecule has 4 aliphatic heterocycles. The highest BCUT2D eigenvalue weighted by Crippen LogP contribution is 2.52. The largest absolute Gasteiger partial charge is 0.477 e. The number of anilines is 1. The van der Waals surface area contributed by atoms with Gasteiger partial charge in [-0.25, -0.2) is 4.79 Å². The molecule has 166 valence electrons. The maximum atomic E-state index is 12.4. The molecule has 11 heteroatoms. The fourth-order valence-corrected chi connectivity index (χ4v) is 6.24. The number of fused-ring (bicyclic) bond motifs is 1. The molecule has 3 fully saturated rings. The predicted molar refractivity (Wildman–Crippen MR) is 110 cm³/mol. The van der Waals surface area contributed by atoms with Gasteiger partial charge in [-0.3, -0.25) is 9.59 Å². The molecule has 5 rings (SSSR count). The van der Waals surface area contributed by atoms with Crippen LogP contribution in [0, 0.1) is 11.8 Å². The van der Waals surface area contributed by atoms with Crippen LogP contribution in [0.5, 0.6) is 0 Å². The van der Waals surface area contributed by atoms with E-state index in [0.717, 1.165) is 19.5 Å². The molecule has 0 saturated carbocycles. The standard InChI is InChI=1S/C20H24N4O6S/c1-9-14-13(10(2)25)18(27)24(14)15(19(28)29)16(9)31-11-6-23(7-11)20-21-12(8-30-20)17(26)22-4-3-5-22/h8-11,13-14,25H,3-7H2,1-2H3,(H,28,29)/t9-,10-,13?,14?/m1/s1. The number of rotatable bonds is 6. The number of aliphatic hydroxyl groups is 1. The molecule has 31 heavy (non-hydrogen) atoms. The second-order valence-electron chi connectivity index (χ2n) is 8.58. The first-order chi connectivity index (χ1) is 14.8. The zero-order valence-electron chi connectivity index (χ0n) is 17.2. The number of carboxylic acid groups (broad SMARTS) is 1. The van der Waals surface area contributed by atoms with E-state index in [1.165, 1.54) is 22.9 Å². The molecule has 2 N–H and O–H groups in total. The minimum absolute atomic E-state index is 0.0430. The number of aliphatic carboxylic acids is 1. The number of carbonyl (C=O) groups excluding carboxylic acids is 2. The van der Waals surface area contributed by atoms with Gasteiger partial charge >= 0.3 is 5.97 Å². The Morgan fingerprint density at radius 3 is 2.61 bits per heavy atom. The summed E-state index contributed by atoms with van der Waals surface area (Å²) < 4.78 is 5.48. The Balaban J connectivity index is 1.25. The Hall–Kier alpha value is -2.53. The van der Waals surface area contributed by atoms with E-state index in [2.05, 4.69) is 4.98 Å². The number of hydrogen-bond donors (Lipinski definition) is 2. The molecule has 10 nitrogen and oxygen atoms in total. The van der Waals surface area contributed by atoms with Crippen molar-refractivity contribution in [2.24, 2.45) is 11.8 Å². The van der Waals surface area contributed by atoms with Crippen molar-refractivity contribution in [1.29, 1.82) is 0 Å². The lowest BCUT2D eigenvalue weighted by Gasteiger charge is -2.46. The van der Waals surface area contributed by atoms with Gasteiger partial charge in [-0.05, 0) is 13.3 Å². The van der Waals surface area contributed by atoms with Gasteiger partial charge in [0, 0.05) is 42.3 Å². The molecule has 0 spiro atoms. The van der Waals surface area contributed by atoms with Crippen LogP contribution in [0.25, 0.3) is 0 Å². The third-order valence-electron chi connectivity index (χ3n) is 6.58. The van der Waals surface area contributed by atoms with Crippen molar-refractivity contribution in [3.8, 4) is 0 Å². The SMILES string of the molecule is C[C@@H](O)C1C(=O)N2C(C(=O)O)=C(SC3CN(c4nc(C(=O)N5CCC5)co4)C3)[C@H](C)C12. The number of β-lactam (4-membered cyclic amide) rings is 1. The van der Waals surface area contributed by atoms with E-state index in [1.54, 1.807) is 11.8 Å². The summed E-state index contributed by atoms with van der Waals surface area (Å²) >= 11 is 1.47. The highest BCUT2D eigenvalue weighted by molar-refractivity contribution is 8.03. The summed E-state index contributed by atoms with van der Waals surface area (Å²) in [6, 6.07) is 0.0832. The average Bonchev–Trinajstić information content (AvgIpc) is 3.18. The van der Waals surface area contributed by atoms with E-state index in [4.69, 9.17) is 4.42 Å². The van der Waals surface area contributed by atoms with Gasteiger partial charge < -0.3 is 29.3 Å². The summed E-state index contributed by atoms with van der Waals surface area (Å²) in [6.07, 6.45) is 1.58. The lowest BCUT2D eigenvalue weighted by molar-refractivity contribution is -0.163. The highest BCUT2D eigenvalue weighted by Gasteiger charge is 2.60. The number of nitrogens with zero attached hydrogens (tertiary/aromatic N) is 4. The van der Waals surface area contributed by atoms with E-state index in [-0.39, 0.29) is 34.7 Å². The van der Waals surface area contributed by atoms with Crippen molar-refractivity contribution in [3.05, 3.63) is 22.6 Å². The summed E-state index contributed by atoms with van der Waals surface area (Å²) in [5.41, 5.74) is 0.347. The molecule has 1 aromatic heterocycles. The van der Waals surface area contributed by atoms with Gasteiger partial charge in [0.25, 0.3) is 11.9 Å². The van der Waals surface area contributed by atoms with Crippen LogP contribution >= 0.6 is 11.8 Å². The van der Waals surface area contributed by atoms with Crippen LogP contribution < -0.4 is 4.90 Å². The van der Waals surface area contributed by atoms with Crippen molar-refractivity contribution in [2.75, 3.05) is 31.1 Å². The molecule has 2 amide bonds. The topological polar surface area (TPSA) is 127 Å². The molecule has 0 radical (unpaired) electrons. The number of oxazole rings is 1.